The van der Waals surface area contributed by atoms with Gasteiger partial charge in [0.25, 0.3) is 5.56 Å². The first-order chi connectivity index (χ1) is 14.4. The number of carbonyl (C=O) groups excluding carboxylic acids is 2. The lowest BCUT2D eigenvalue weighted by Crippen LogP contribution is -2.41. The fourth-order valence-corrected chi connectivity index (χ4v) is 3.60. The SMILES string of the molecule is CCCN(CCNC(=O)CCc1c(C)c2c(C)nn(C)c2[nH]c1=O)C(=O)OC(C)(C)C. The van der Waals surface area contributed by atoms with Gasteiger partial charge in [-0.1, -0.05) is 6.92 Å². The third-order valence-electron chi connectivity index (χ3n) is 5.01. The molecule has 2 aromatic rings. The van der Waals surface area contributed by atoms with Crippen LogP contribution < -0.4 is 10.9 Å². The Labute approximate surface area is 183 Å². The fraction of sp³-hybridized carbons (Fsp3) is 0.636. The standard InChI is InChI=1S/C22H35N5O4/c1-8-12-27(21(30)31-22(4,5)6)13-11-23-17(28)10-9-16-14(2)18-15(3)25-26(7)19(18)24-20(16)29/h8-13H2,1-7H3,(H,23,28)(H,24,29). The Morgan fingerprint density at radius 3 is 2.52 bits per heavy atom. The van der Waals surface area contributed by atoms with Gasteiger partial charge in [0.05, 0.1) is 5.69 Å². The zero-order chi connectivity index (χ0) is 23.3. The molecule has 172 valence electrons. The molecule has 2 aromatic heterocycles. The second kappa shape index (κ2) is 9.98. The molecule has 0 saturated carbocycles. The molecule has 0 unspecified atom stereocenters. The van der Waals surface area contributed by atoms with E-state index in [0.29, 0.717) is 37.3 Å². The average molecular weight is 434 g/mol. The van der Waals surface area contributed by atoms with Crippen molar-refractivity contribution in [1.82, 2.24) is 25.0 Å². The van der Waals surface area contributed by atoms with Crippen molar-refractivity contribution in [1.29, 1.82) is 0 Å². The summed E-state index contributed by atoms with van der Waals surface area (Å²) in [5.41, 5.74) is 2.22. The maximum Gasteiger partial charge on any atom is 0.410 e. The van der Waals surface area contributed by atoms with Gasteiger partial charge in [-0.25, -0.2) is 4.79 Å². The van der Waals surface area contributed by atoms with Gasteiger partial charge in [0.15, 0.2) is 0 Å². The predicted molar refractivity (Wildman–Crippen MR) is 120 cm³/mol. The lowest BCUT2D eigenvalue weighted by Gasteiger charge is -2.27. The number of H-pyrrole nitrogens is 1. The molecular weight excluding hydrogens is 398 g/mol. The Morgan fingerprint density at radius 2 is 1.90 bits per heavy atom. The highest BCUT2D eigenvalue weighted by Crippen LogP contribution is 2.21. The lowest BCUT2D eigenvalue weighted by atomic mass is 10.0. The Kier molecular flexibility index (Phi) is 7.86. The van der Waals surface area contributed by atoms with Crippen LogP contribution >= 0.6 is 0 Å². The monoisotopic (exact) mass is 433 g/mol. The molecular formula is C22H35N5O4. The van der Waals surface area contributed by atoms with Gasteiger partial charge in [-0.3, -0.25) is 14.3 Å². The Hall–Kier alpha value is -2.84. The third kappa shape index (κ3) is 6.32. The molecule has 2 heterocycles. The minimum atomic E-state index is -0.565. The minimum Gasteiger partial charge on any atom is -0.444 e. The molecule has 2 N–H and O–H groups in total. The smallest absolute Gasteiger partial charge is 0.410 e. The van der Waals surface area contributed by atoms with E-state index in [-0.39, 0.29) is 24.0 Å². The van der Waals surface area contributed by atoms with E-state index < -0.39 is 5.60 Å². The second-order valence-corrected chi connectivity index (χ2v) is 8.81. The van der Waals surface area contributed by atoms with Gasteiger partial charge in [-0.2, -0.15) is 5.10 Å². The van der Waals surface area contributed by atoms with Gasteiger partial charge in [0, 0.05) is 44.1 Å². The highest BCUT2D eigenvalue weighted by Gasteiger charge is 2.21. The van der Waals surface area contributed by atoms with Crippen LogP contribution in [0.3, 0.4) is 0 Å². The summed E-state index contributed by atoms with van der Waals surface area (Å²) >= 11 is 0. The molecule has 0 radical (unpaired) electrons. The summed E-state index contributed by atoms with van der Waals surface area (Å²) in [5, 5.41) is 8.12. The molecule has 0 aromatic carbocycles. The first-order valence-electron chi connectivity index (χ1n) is 10.7. The zero-order valence-corrected chi connectivity index (χ0v) is 19.7. The molecule has 0 spiro atoms. The summed E-state index contributed by atoms with van der Waals surface area (Å²) in [6.45, 7) is 12.5. The number of hydrogen-bond donors (Lipinski definition) is 2. The Morgan fingerprint density at radius 1 is 1.23 bits per heavy atom. The minimum absolute atomic E-state index is 0.164. The van der Waals surface area contributed by atoms with E-state index in [1.54, 1.807) is 16.6 Å². The number of fused-ring (bicyclic) bond motifs is 1. The van der Waals surface area contributed by atoms with Gasteiger partial charge < -0.3 is 19.9 Å². The number of amides is 2. The number of aryl methyl sites for hydroxylation is 3. The number of nitrogens with zero attached hydrogens (tertiary/aromatic N) is 3. The molecule has 0 fully saturated rings. The van der Waals surface area contributed by atoms with Crippen molar-refractivity contribution in [2.75, 3.05) is 19.6 Å². The van der Waals surface area contributed by atoms with E-state index in [0.717, 1.165) is 23.1 Å². The quantitative estimate of drug-likeness (QED) is 0.665. The molecule has 0 aliphatic heterocycles. The van der Waals surface area contributed by atoms with Crippen molar-refractivity contribution in [2.24, 2.45) is 7.05 Å². The number of carbonyl (C=O) groups is 2. The van der Waals surface area contributed by atoms with E-state index in [9.17, 15) is 14.4 Å². The topological polar surface area (TPSA) is 109 Å². The molecule has 2 amide bonds. The molecule has 0 saturated heterocycles. The number of aromatic nitrogens is 3. The average Bonchev–Trinajstić information content (AvgIpc) is 2.92. The molecule has 0 atom stereocenters. The first-order valence-corrected chi connectivity index (χ1v) is 10.7. The van der Waals surface area contributed by atoms with Crippen molar-refractivity contribution >= 4 is 23.0 Å². The van der Waals surface area contributed by atoms with E-state index >= 15 is 0 Å². The van der Waals surface area contributed by atoms with Crippen LogP contribution in [0.15, 0.2) is 4.79 Å². The Bertz CT molecular complexity index is 1000. The number of pyridine rings is 1. The summed E-state index contributed by atoms with van der Waals surface area (Å²) in [4.78, 5) is 41.6. The van der Waals surface area contributed by atoms with Crippen LogP contribution in [0.1, 0.15) is 57.4 Å². The van der Waals surface area contributed by atoms with Crippen molar-refractivity contribution < 1.29 is 14.3 Å². The summed E-state index contributed by atoms with van der Waals surface area (Å²) in [7, 11) is 1.79. The van der Waals surface area contributed by atoms with Crippen LogP contribution in [-0.4, -0.2) is 56.9 Å². The third-order valence-corrected chi connectivity index (χ3v) is 5.01. The molecule has 0 bridgehead atoms. The first kappa shape index (κ1) is 24.4. The zero-order valence-electron chi connectivity index (χ0n) is 19.7. The molecule has 9 heteroatoms. The van der Waals surface area contributed by atoms with Gasteiger partial charge >= 0.3 is 6.09 Å². The van der Waals surface area contributed by atoms with Gasteiger partial charge in [-0.15, -0.1) is 0 Å². The lowest BCUT2D eigenvalue weighted by molar-refractivity contribution is -0.121. The van der Waals surface area contributed by atoms with Gasteiger partial charge in [0.1, 0.15) is 11.2 Å². The highest BCUT2D eigenvalue weighted by molar-refractivity contribution is 5.83. The summed E-state index contributed by atoms with van der Waals surface area (Å²) in [6.07, 6.45) is 0.938. The Balaban J connectivity index is 1.94. The molecule has 31 heavy (non-hydrogen) atoms. The van der Waals surface area contributed by atoms with E-state index in [2.05, 4.69) is 15.4 Å². The number of hydrogen-bond acceptors (Lipinski definition) is 5. The van der Waals surface area contributed by atoms with Crippen LogP contribution in [0.25, 0.3) is 11.0 Å². The molecule has 2 rings (SSSR count). The van der Waals surface area contributed by atoms with Crippen LogP contribution in [0.4, 0.5) is 4.79 Å². The van der Waals surface area contributed by atoms with Crippen LogP contribution in [0.2, 0.25) is 0 Å². The molecule has 0 aliphatic carbocycles. The largest absolute Gasteiger partial charge is 0.444 e. The van der Waals surface area contributed by atoms with Gasteiger partial charge in [-0.05, 0) is 53.0 Å². The van der Waals surface area contributed by atoms with Crippen LogP contribution in [0, 0.1) is 13.8 Å². The number of ether oxygens (including phenoxy) is 1. The van der Waals surface area contributed by atoms with Crippen molar-refractivity contribution in [2.45, 2.75) is 66.4 Å². The normalized spacial score (nSPS) is 11.6. The van der Waals surface area contributed by atoms with Crippen LogP contribution in [-0.2, 0) is 23.0 Å². The van der Waals surface area contributed by atoms with Crippen LogP contribution in [0.5, 0.6) is 0 Å². The second-order valence-electron chi connectivity index (χ2n) is 8.81. The summed E-state index contributed by atoms with van der Waals surface area (Å²) in [5.74, 6) is -0.164. The van der Waals surface area contributed by atoms with E-state index in [1.165, 1.54) is 0 Å². The number of nitrogens with one attached hydrogen (secondary N) is 2. The van der Waals surface area contributed by atoms with Crippen molar-refractivity contribution in [3.8, 4) is 0 Å². The van der Waals surface area contributed by atoms with E-state index in [1.807, 2.05) is 41.5 Å². The van der Waals surface area contributed by atoms with E-state index in [4.69, 9.17) is 4.74 Å². The van der Waals surface area contributed by atoms with Gasteiger partial charge in [0.2, 0.25) is 5.91 Å². The number of aromatic amines is 1. The van der Waals surface area contributed by atoms with Crippen molar-refractivity contribution in [3.63, 3.8) is 0 Å². The predicted octanol–water partition coefficient (Wildman–Crippen LogP) is 2.57. The molecule has 0 aliphatic rings. The summed E-state index contributed by atoms with van der Waals surface area (Å²) < 4.78 is 7.07. The maximum absolute atomic E-state index is 12.5. The van der Waals surface area contributed by atoms with Crippen molar-refractivity contribution in [3.05, 3.63) is 27.2 Å². The number of rotatable bonds is 8. The molecule has 9 nitrogen and oxygen atoms in total. The fourth-order valence-electron chi connectivity index (χ4n) is 3.60. The summed E-state index contributed by atoms with van der Waals surface area (Å²) in [6, 6.07) is 0. The maximum atomic E-state index is 12.5. The highest BCUT2D eigenvalue weighted by atomic mass is 16.6.